The van der Waals surface area contributed by atoms with Crippen LogP contribution in [0.25, 0.3) is 0 Å². The summed E-state index contributed by atoms with van der Waals surface area (Å²) in [4.78, 5) is 30.1. The van der Waals surface area contributed by atoms with Crippen LogP contribution in [0, 0.1) is 10.1 Å². The molecule has 1 unspecified atom stereocenters. The maximum Gasteiger partial charge on any atom is 0.269 e. The Kier molecular flexibility index (Phi) is 9.98. The smallest absolute Gasteiger partial charge is 0.269 e. The SMILES string of the molecule is CCN(CC)CCN1CCN(c2ccc(NC3C=C(NCc4cccc([N+](=O)[O-])c4)C(C(N)=O)=CN3)cc2)CC1. The predicted octanol–water partition coefficient (Wildman–Crippen LogP) is 2.44. The standard InChI is InChI=1S/C29H40N8O3/c1-3-34(4-2)12-13-35-14-16-36(17-15-35)24-10-8-23(9-11-24)33-28-19-27(26(21-32-28)29(30)38)31-20-22-6-5-7-25(18-22)37(39)40/h5-11,18-19,21,28,31-33H,3-4,12-17,20H2,1-2H3,(H2,30,38). The van der Waals surface area contributed by atoms with Crippen LogP contribution in [0.1, 0.15) is 19.4 Å². The summed E-state index contributed by atoms with van der Waals surface area (Å²) in [7, 11) is 0. The van der Waals surface area contributed by atoms with E-state index in [9.17, 15) is 14.9 Å². The van der Waals surface area contributed by atoms with Crippen molar-refractivity contribution < 1.29 is 9.72 Å². The number of nitrogens with zero attached hydrogens (tertiary/aromatic N) is 4. The summed E-state index contributed by atoms with van der Waals surface area (Å²) in [5, 5.41) is 20.9. The number of carbonyl (C=O) groups is 1. The minimum Gasteiger partial charge on any atom is -0.380 e. The van der Waals surface area contributed by atoms with Crippen LogP contribution in [-0.4, -0.2) is 79.2 Å². The quantitative estimate of drug-likeness (QED) is 0.220. The lowest BCUT2D eigenvalue weighted by Gasteiger charge is -2.37. The normalized spacial score (nSPS) is 17.6. The Bertz CT molecular complexity index is 1220. The van der Waals surface area contributed by atoms with Crippen molar-refractivity contribution in [1.82, 2.24) is 20.4 Å². The first-order chi connectivity index (χ1) is 19.4. The Hall–Kier alpha value is -4.09. The van der Waals surface area contributed by atoms with Crippen molar-refractivity contribution in [3.8, 4) is 0 Å². The van der Waals surface area contributed by atoms with E-state index in [1.807, 2.05) is 6.08 Å². The molecule has 2 aliphatic rings. The zero-order chi connectivity index (χ0) is 28.5. The molecule has 0 spiro atoms. The van der Waals surface area contributed by atoms with Gasteiger partial charge >= 0.3 is 0 Å². The second-order valence-electron chi connectivity index (χ2n) is 9.97. The molecule has 0 aromatic heterocycles. The fourth-order valence-electron chi connectivity index (χ4n) is 4.97. The number of hydrogen-bond donors (Lipinski definition) is 4. The van der Waals surface area contributed by atoms with Crippen LogP contribution >= 0.6 is 0 Å². The highest BCUT2D eigenvalue weighted by Gasteiger charge is 2.20. The summed E-state index contributed by atoms with van der Waals surface area (Å²) < 4.78 is 0. The van der Waals surface area contributed by atoms with Crippen LogP contribution in [0.4, 0.5) is 17.1 Å². The van der Waals surface area contributed by atoms with Gasteiger partial charge in [-0.1, -0.05) is 26.0 Å². The lowest BCUT2D eigenvalue weighted by Crippen LogP contribution is -2.48. The molecule has 2 aromatic carbocycles. The molecule has 0 aliphatic carbocycles. The van der Waals surface area contributed by atoms with Crippen molar-refractivity contribution >= 4 is 23.0 Å². The molecule has 1 amide bonds. The van der Waals surface area contributed by atoms with Crippen LogP contribution in [-0.2, 0) is 11.3 Å². The van der Waals surface area contributed by atoms with E-state index in [-0.39, 0.29) is 11.9 Å². The van der Waals surface area contributed by atoms with Gasteiger partial charge in [0.15, 0.2) is 0 Å². The molecule has 0 saturated carbocycles. The number of non-ortho nitro benzene ring substituents is 1. The van der Waals surface area contributed by atoms with Gasteiger partial charge < -0.3 is 31.5 Å². The first-order valence-corrected chi connectivity index (χ1v) is 13.9. The fourth-order valence-corrected chi connectivity index (χ4v) is 4.97. The van der Waals surface area contributed by atoms with E-state index in [4.69, 9.17) is 5.73 Å². The van der Waals surface area contributed by atoms with E-state index < -0.39 is 10.8 Å². The Morgan fingerprint density at radius 2 is 1.85 bits per heavy atom. The number of nitro benzene ring substituents is 1. The summed E-state index contributed by atoms with van der Waals surface area (Å²) >= 11 is 0. The van der Waals surface area contributed by atoms with E-state index in [0.717, 1.165) is 63.6 Å². The summed E-state index contributed by atoms with van der Waals surface area (Å²) in [5.74, 6) is -0.568. The Morgan fingerprint density at radius 1 is 1.12 bits per heavy atom. The third-order valence-electron chi connectivity index (χ3n) is 7.45. The van der Waals surface area contributed by atoms with Crippen LogP contribution < -0.4 is 26.6 Å². The van der Waals surface area contributed by atoms with Crippen molar-refractivity contribution in [2.45, 2.75) is 26.6 Å². The molecule has 2 heterocycles. The summed E-state index contributed by atoms with van der Waals surface area (Å²) in [6.07, 6.45) is 3.16. The number of benzene rings is 2. The molecule has 0 radical (unpaired) electrons. The molecule has 0 bridgehead atoms. The van der Waals surface area contributed by atoms with Crippen molar-refractivity contribution in [3.05, 3.63) is 87.8 Å². The molecule has 4 rings (SSSR count). The van der Waals surface area contributed by atoms with Crippen molar-refractivity contribution in [3.63, 3.8) is 0 Å². The molecule has 2 aliphatic heterocycles. The minimum atomic E-state index is -0.568. The van der Waals surface area contributed by atoms with E-state index in [1.165, 1.54) is 17.8 Å². The summed E-state index contributed by atoms with van der Waals surface area (Å²) in [6, 6.07) is 14.8. The van der Waals surface area contributed by atoms with Gasteiger partial charge in [0.05, 0.1) is 10.5 Å². The van der Waals surface area contributed by atoms with Crippen molar-refractivity contribution in [2.75, 3.05) is 62.6 Å². The number of amides is 1. The summed E-state index contributed by atoms with van der Waals surface area (Å²) in [5.41, 5.74) is 9.34. The van der Waals surface area contributed by atoms with E-state index in [2.05, 4.69) is 68.8 Å². The number of piperazine rings is 1. The monoisotopic (exact) mass is 548 g/mol. The number of likely N-dealkylation sites (N-methyl/N-ethyl adjacent to an activating group) is 1. The highest BCUT2D eigenvalue weighted by Crippen LogP contribution is 2.22. The van der Waals surface area contributed by atoms with Crippen molar-refractivity contribution in [1.29, 1.82) is 0 Å². The number of rotatable bonds is 13. The lowest BCUT2D eigenvalue weighted by atomic mass is 10.1. The van der Waals surface area contributed by atoms with Gasteiger partial charge in [-0.3, -0.25) is 19.8 Å². The predicted molar refractivity (Wildman–Crippen MR) is 159 cm³/mol. The number of nitrogens with two attached hydrogens (primary N) is 1. The first-order valence-electron chi connectivity index (χ1n) is 13.9. The number of dihydropyridines is 1. The molecule has 214 valence electrons. The maximum absolute atomic E-state index is 12.0. The first kappa shape index (κ1) is 28.9. The number of nitrogens with one attached hydrogen (secondary N) is 3. The zero-order valence-corrected chi connectivity index (χ0v) is 23.3. The molecule has 11 nitrogen and oxygen atoms in total. The van der Waals surface area contributed by atoms with E-state index in [0.29, 0.717) is 17.8 Å². The van der Waals surface area contributed by atoms with Crippen LogP contribution in [0.3, 0.4) is 0 Å². The highest BCUT2D eigenvalue weighted by molar-refractivity contribution is 5.96. The Morgan fingerprint density at radius 3 is 2.50 bits per heavy atom. The largest absolute Gasteiger partial charge is 0.380 e. The molecule has 2 aromatic rings. The van der Waals surface area contributed by atoms with Crippen molar-refractivity contribution in [2.24, 2.45) is 5.73 Å². The number of primary amides is 1. The Labute approximate surface area is 235 Å². The molecular weight excluding hydrogens is 508 g/mol. The number of carbonyl (C=O) groups excluding carboxylic acids is 1. The molecule has 1 atom stereocenters. The van der Waals surface area contributed by atoms with Gasteiger partial charge in [0.2, 0.25) is 0 Å². The molecule has 11 heteroatoms. The zero-order valence-electron chi connectivity index (χ0n) is 23.3. The average molecular weight is 549 g/mol. The van der Waals surface area contributed by atoms with Gasteiger partial charge in [0, 0.05) is 81.2 Å². The second kappa shape index (κ2) is 13.8. The second-order valence-corrected chi connectivity index (χ2v) is 9.97. The van der Waals surface area contributed by atoms with Gasteiger partial charge in [-0.05, 0) is 49.0 Å². The van der Waals surface area contributed by atoms with Gasteiger partial charge in [0.25, 0.3) is 11.6 Å². The number of nitro groups is 1. The van der Waals surface area contributed by atoms with Crippen LogP contribution in [0.5, 0.6) is 0 Å². The molecule has 1 saturated heterocycles. The van der Waals surface area contributed by atoms with Gasteiger partial charge in [-0.25, -0.2) is 0 Å². The summed E-state index contributed by atoms with van der Waals surface area (Å²) in [6.45, 7) is 13.3. The lowest BCUT2D eigenvalue weighted by molar-refractivity contribution is -0.384. The maximum atomic E-state index is 12.0. The number of anilines is 2. The van der Waals surface area contributed by atoms with Crippen LogP contribution in [0.15, 0.2) is 72.1 Å². The van der Waals surface area contributed by atoms with E-state index >= 15 is 0 Å². The molecular formula is C29H40N8O3. The van der Waals surface area contributed by atoms with Gasteiger partial charge in [-0.15, -0.1) is 0 Å². The number of hydrogen-bond acceptors (Lipinski definition) is 9. The molecule has 1 fully saturated rings. The van der Waals surface area contributed by atoms with Crippen LogP contribution in [0.2, 0.25) is 0 Å². The van der Waals surface area contributed by atoms with Gasteiger partial charge in [-0.2, -0.15) is 0 Å². The average Bonchev–Trinajstić information content (AvgIpc) is 2.97. The van der Waals surface area contributed by atoms with E-state index in [1.54, 1.807) is 18.3 Å². The molecule has 5 N–H and O–H groups in total. The molecule has 40 heavy (non-hydrogen) atoms. The topological polar surface area (TPSA) is 132 Å². The Balaban J connectivity index is 1.32. The van der Waals surface area contributed by atoms with Gasteiger partial charge in [0.1, 0.15) is 6.17 Å². The third-order valence-corrected chi connectivity index (χ3v) is 7.45. The fraction of sp³-hybridized carbons (Fsp3) is 0.414. The minimum absolute atomic E-state index is 0.0180. The highest BCUT2D eigenvalue weighted by atomic mass is 16.6. The third kappa shape index (κ3) is 7.73.